The summed E-state index contributed by atoms with van der Waals surface area (Å²) in [6.07, 6.45) is -0.106. The van der Waals surface area contributed by atoms with Crippen LogP contribution in [0.4, 0.5) is 0 Å². The molecule has 28 heavy (non-hydrogen) atoms. The Morgan fingerprint density at radius 3 is 2.11 bits per heavy atom. The van der Waals surface area contributed by atoms with Crippen LogP contribution in [0, 0.1) is 0 Å². The van der Waals surface area contributed by atoms with Gasteiger partial charge in [-0.1, -0.05) is 60.7 Å². The van der Waals surface area contributed by atoms with Crippen molar-refractivity contribution in [1.82, 2.24) is 0 Å². The van der Waals surface area contributed by atoms with Crippen LogP contribution in [-0.4, -0.2) is 37.0 Å². The molecule has 0 bridgehead atoms. The third kappa shape index (κ3) is 6.16. The van der Waals surface area contributed by atoms with Gasteiger partial charge in [-0.3, -0.25) is 4.79 Å². The molecule has 0 aromatic heterocycles. The highest BCUT2D eigenvalue weighted by molar-refractivity contribution is 5.65. The molecule has 0 amide bonds. The highest BCUT2D eigenvalue weighted by Crippen LogP contribution is 2.27. The third-order valence-corrected chi connectivity index (χ3v) is 4.75. The molecule has 0 spiro atoms. The molecular weight excluding hydrogens is 356 g/mol. The van der Waals surface area contributed by atoms with Crippen LogP contribution >= 0.6 is 0 Å². The summed E-state index contributed by atoms with van der Waals surface area (Å²) in [7, 11) is 0. The summed E-state index contributed by atoms with van der Waals surface area (Å²) in [5.41, 5.74) is 2.19. The lowest BCUT2D eigenvalue weighted by molar-refractivity contribution is -0.216. The van der Waals surface area contributed by atoms with E-state index in [1.54, 1.807) is 0 Å². The summed E-state index contributed by atoms with van der Waals surface area (Å²) in [6, 6.07) is 20.1. The maximum Gasteiger partial charge on any atom is 0.302 e. The predicted molar refractivity (Wildman–Crippen MR) is 106 cm³/mol. The molecule has 1 aliphatic rings. The molecule has 1 fully saturated rings. The summed E-state index contributed by atoms with van der Waals surface area (Å²) in [5, 5.41) is 0. The molecule has 5 heteroatoms. The molecule has 2 unspecified atom stereocenters. The average Bonchev–Trinajstić information content (AvgIpc) is 2.71. The van der Waals surface area contributed by atoms with Gasteiger partial charge in [0.15, 0.2) is 0 Å². The molecule has 4 atom stereocenters. The lowest BCUT2D eigenvalue weighted by Gasteiger charge is -2.40. The zero-order valence-electron chi connectivity index (χ0n) is 16.5. The maximum atomic E-state index is 11.3. The van der Waals surface area contributed by atoms with Gasteiger partial charge in [0.1, 0.15) is 18.8 Å². The fraction of sp³-hybridized carbons (Fsp3) is 0.435. The van der Waals surface area contributed by atoms with Crippen LogP contribution in [0.1, 0.15) is 31.4 Å². The van der Waals surface area contributed by atoms with Crippen molar-refractivity contribution in [2.75, 3.05) is 6.61 Å². The summed E-state index contributed by atoms with van der Waals surface area (Å²) in [6.45, 7) is 4.52. The molecule has 1 aliphatic heterocycles. The van der Waals surface area contributed by atoms with E-state index in [-0.39, 0.29) is 37.0 Å². The molecule has 0 radical (unpaired) electrons. The number of esters is 1. The lowest BCUT2D eigenvalue weighted by Crippen LogP contribution is -2.52. The Hall–Kier alpha value is -2.21. The first-order valence-corrected chi connectivity index (χ1v) is 9.71. The summed E-state index contributed by atoms with van der Waals surface area (Å²) in [4.78, 5) is 11.3. The van der Waals surface area contributed by atoms with Crippen LogP contribution in [0.25, 0.3) is 0 Å². The molecule has 3 rings (SSSR count). The van der Waals surface area contributed by atoms with Crippen molar-refractivity contribution in [1.29, 1.82) is 0 Å². The number of carbonyl (C=O) groups is 1. The fourth-order valence-electron chi connectivity index (χ4n) is 3.39. The van der Waals surface area contributed by atoms with Crippen molar-refractivity contribution in [3.05, 3.63) is 71.8 Å². The van der Waals surface area contributed by atoms with Crippen LogP contribution in [0.2, 0.25) is 0 Å². The SMILES string of the molecule is CC(=O)OCC1O[C@@H](C)C[C@@H](OCc2ccccc2)C1OCc1ccccc1. The lowest BCUT2D eigenvalue weighted by atomic mass is 9.98. The van der Waals surface area contributed by atoms with E-state index in [0.717, 1.165) is 17.5 Å². The van der Waals surface area contributed by atoms with Crippen LogP contribution in [0.5, 0.6) is 0 Å². The summed E-state index contributed by atoms with van der Waals surface area (Å²) in [5.74, 6) is -0.328. The normalized spacial score (nSPS) is 24.6. The second-order valence-electron chi connectivity index (χ2n) is 7.12. The van der Waals surface area contributed by atoms with E-state index in [0.29, 0.717) is 13.2 Å². The van der Waals surface area contributed by atoms with Gasteiger partial charge in [-0.15, -0.1) is 0 Å². The highest BCUT2D eigenvalue weighted by atomic mass is 16.6. The number of hydrogen-bond acceptors (Lipinski definition) is 5. The molecule has 0 aliphatic carbocycles. The quantitative estimate of drug-likeness (QED) is 0.646. The van der Waals surface area contributed by atoms with Crippen LogP contribution < -0.4 is 0 Å². The van der Waals surface area contributed by atoms with Crippen molar-refractivity contribution >= 4 is 5.97 Å². The second-order valence-corrected chi connectivity index (χ2v) is 7.12. The molecule has 0 N–H and O–H groups in total. The van der Waals surface area contributed by atoms with Gasteiger partial charge in [0.05, 0.1) is 25.4 Å². The Labute approximate surface area is 166 Å². The van der Waals surface area contributed by atoms with E-state index in [9.17, 15) is 4.79 Å². The van der Waals surface area contributed by atoms with E-state index in [4.69, 9.17) is 18.9 Å². The Balaban J connectivity index is 1.69. The van der Waals surface area contributed by atoms with Crippen LogP contribution in [-0.2, 0) is 37.0 Å². The molecule has 1 heterocycles. The Bertz CT molecular complexity index is 718. The summed E-state index contributed by atoms with van der Waals surface area (Å²) >= 11 is 0. The largest absolute Gasteiger partial charge is 0.463 e. The van der Waals surface area contributed by atoms with Crippen LogP contribution in [0.3, 0.4) is 0 Å². The molecule has 2 aromatic carbocycles. The first kappa shape index (κ1) is 20.5. The van der Waals surface area contributed by atoms with Gasteiger partial charge in [-0.05, 0) is 18.1 Å². The van der Waals surface area contributed by atoms with E-state index in [1.807, 2.05) is 67.6 Å². The predicted octanol–water partition coefficient (Wildman–Crippen LogP) is 3.90. The first-order valence-electron chi connectivity index (χ1n) is 9.71. The van der Waals surface area contributed by atoms with Crippen LogP contribution in [0.15, 0.2) is 60.7 Å². The Kier molecular flexibility index (Phi) is 7.60. The number of rotatable bonds is 8. The number of hydrogen-bond donors (Lipinski definition) is 0. The van der Waals surface area contributed by atoms with E-state index in [2.05, 4.69) is 0 Å². The first-order chi connectivity index (χ1) is 13.6. The number of ether oxygens (including phenoxy) is 4. The van der Waals surface area contributed by atoms with Crippen molar-refractivity contribution < 1.29 is 23.7 Å². The minimum absolute atomic E-state index is 0.00194. The monoisotopic (exact) mass is 384 g/mol. The molecule has 1 saturated heterocycles. The molecule has 5 nitrogen and oxygen atoms in total. The van der Waals surface area contributed by atoms with Gasteiger partial charge in [0.25, 0.3) is 0 Å². The van der Waals surface area contributed by atoms with Gasteiger partial charge >= 0.3 is 5.97 Å². The zero-order chi connectivity index (χ0) is 19.8. The Morgan fingerprint density at radius 1 is 0.964 bits per heavy atom. The minimum Gasteiger partial charge on any atom is -0.463 e. The highest BCUT2D eigenvalue weighted by Gasteiger charge is 2.39. The topological polar surface area (TPSA) is 54.0 Å². The average molecular weight is 384 g/mol. The molecule has 0 saturated carbocycles. The smallest absolute Gasteiger partial charge is 0.302 e. The van der Waals surface area contributed by atoms with E-state index < -0.39 is 0 Å². The molecule has 150 valence electrons. The van der Waals surface area contributed by atoms with E-state index >= 15 is 0 Å². The van der Waals surface area contributed by atoms with Gasteiger partial charge < -0.3 is 18.9 Å². The molecule has 2 aromatic rings. The van der Waals surface area contributed by atoms with Gasteiger partial charge in [-0.25, -0.2) is 0 Å². The van der Waals surface area contributed by atoms with Crippen molar-refractivity contribution in [2.45, 2.75) is 57.9 Å². The zero-order valence-corrected chi connectivity index (χ0v) is 16.5. The summed E-state index contributed by atoms with van der Waals surface area (Å²) < 4.78 is 23.7. The fourth-order valence-corrected chi connectivity index (χ4v) is 3.39. The van der Waals surface area contributed by atoms with Crippen molar-refractivity contribution in [3.63, 3.8) is 0 Å². The number of carbonyl (C=O) groups excluding carboxylic acids is 1. The third-order valence-electron chi connectivity index (χ3n) is 4.75. The van der Waals surface area contributed by atoms with Gasteiger partial charge in [-0.2, -0.15) is 0 Å². The second kappa shape index (κ2) is 10.4. The van der Waals surface area contributed by atoms with Crippen molar-refractivity contribution in [3.8, 4) is 0 Å². The Morgan fingerprint density at radius 2 is 1.54 bits per heavy atom. The van der Waals surface area contributed by atoms with Gasteiger partial charge in [0.2, 0.25) is 0 Å². The standard InChI is InChI=1S/C23H28O5/c1-17-13-21(26-14-19-9-5-3-6-10-19)23(22(28-17)16-25-18(2)24)27-15-20-11-7-4-8-12-20/h3-12,17,21-23H,13-16H2,1-2H3/t17-,21+,22?,23?/m0/s1. The van der Waals surface area contributed by atoms with E-state index in [1.165, 1.54) is 6.92 Å². The molecular formula is C23H28O5. The number of benzene rings is 2. The van der Waals surface area contributed by atoms with Crippen molar-refractivity contribution in [2.24, 2.45) is 0 Å². The van der Waals surface area contributed by atoms with Gasteiger partial charge in [0, 0.05) is 13.3 Å². The minimum atomic E-state index is -0.364. The maximum absolute atomic E-state index is 11.3.